The van der Waals surface area contributed by atoms with Crippen LogP contribution in [0.3, 0.4) is 0 Å². The van der Waals surface area contributed by atoms with Crippen molar-refractivity contribution in [2.45, 2.75) is 219 Å². The van der Waals surface area contributed by atoms with E-state index >= 15 is 0 Å². The number of rotatable bonds is 34. The van der Waals surface area contributed by atoms with Crippen LogP contribution in [0.5, 0.6) is 0 Å². The van der Waals surface area contributed by atoms with Crippen molar-refractivity contribution >= 4 is 19.8 Å². The van der Waals surface area contributed by atoms with Gasteiger partial charge in [-0.15, -0.1) is 0 Å². The smallest absolute Gasteiger partial charge is 0.306 e. The lowest BCUT2D eigenvalue weighted by atomic mass is 9.86. The van der Waals surface area contributed by atoms with E-state index in [9.17, 15) is 9.59 Å². The maximum atomic E-state index is 12.7. The third-order valence-electron chi connectivity index (χ3n) is 8.60. The quantitative estimate of drug-likeness (QED) is 0.0391. The molecule has 0 rings (SSSR count). The molecule has 0 aliphatic rings. The van der Waals surface area contributed by atoms with E-state index in [0.717, 1.165) is 32.1 Å². The van der Waals surface area contributed by atoms with Crippen LogP contribution >= 0.6 is 0 Å². The van der Waals surface area contributed by atoms with Crippen LogP contribution in [0.1, 0.15) is 202 Å². The number of hydrogen-bond donors (Lipinski definition) is 0. The van der Waals surface area contributed by atoms with Crippen LogP contribution in [0.2, 0.25) is 0 Å². The van der Waals surface area contributed by atoms with Crippen LogP contribution in [0, 0.1) is 0 Å². The molecular weight excluding hydrogens is 575 g/mol. The lowest BCUT2D eigenvalue weighted by Crippen LogP contribution is -2.36. The van der Waals surface area contributed by atoms with Gasteiger partial charge < -0.3 is 18.9 Å². The molecule has 0 N–H and O–H groups in total. The Kier molecular flexibility index (Phi) is 29.3. The summed E-state index contributed by atoms with van der Waals surface area (Å²) in [5.41, 5.74) is -0.657. The lowest BCUT2D eigenvalue weighted by molar-refractivity contribution is -0.167. The molecule has 6 nitrogen and oxygen atoms in total. The van der Waals surface area contributed by atoms with E-state index in [1.54, 1.807) is 0 Å². The van der Waals surface area contributed by atoms with Crippen LogP contribution in [0.4, 0.5) is 0 Å². The Balaban J connectivity index is 4.43. The normalized spacial score (nSPS) is 12.7. The fourth-order valence-electron chi connectivity index (χ4n) is 5.48. The summed E-state index contributed by atoms with van der Waals surface area (Å²) in [7, 11) is 2.04. The minimum Gasteiger partial charge on any atom is -0.462 e. The van der Waals surface area contributed by atoms with Gasteiger partial charge in [0.1, 0.15) is 14.5 Å². The molecule has 272 valence electrons. The van der Waals surface area contributed by atoms with E-state index in [1.165, 1.54) is 109 Å². The fraction of sp³-hybridized carbons (Fsp3) is 0.949. The minimum absolute atomic E-state index is 0.0371. The Morgan fingerprint density at radius 2 is 0.935 bits per heavy atom. The summed E-state index contributed by atoms with van der Waals surface area (Å²) in [6.45, 7) is 13.4. The molecule has 0 aromatic heterocycles. The summed E-state index contributed by atoms with van der Waals surface area (Å²) in [4.78, 5) is 25.2. The first-order valence-corrected chi connectivity index (χ1v) is 19.6. The maximum Gasteiger partial charge on any atom is 0.306 e. The van der Waals surface area contributed by atoms with Crippen molar-refractivity contribution in [3.05, 3.63) is 0 Å². The van der Waals surface area contributed by atoms with Gasteiger partial charge in [-0.25, -0.2) is 0 Å². The predicted molar refractivity (Wildman–Crippen MR) is 196 cm³/mol. The Bertz CT molecular complexity index is 705. The van der Waals surface area contributed by atoms with E-state index in [4.69, 9.17) is 18.9 Å². The summed E-state index contributed by atoms with van der Waals surface area (Å²) in [5.74, 6) is -0.458. The number of hydrogen-bond acceptors (Lipinski definition) is 6. The summed E-state index contributed by atoms with van der Waals surface area (Å²) in [6.07, 6.45) is 28.2. The van der Waals surface area contributed by atoms with Crippen molar-refractivity contribution in [1.82, 2.24) is 0 Å². The second-order valence-corrected chi connectivity index (χ2v) is 15.1. The van der Waals surface area contributed by atoms with Gasteiger partial charge in [-0.05, 0) is 47.0 Å². The molecule has 0 saturated carbocycles. The topological polar surface area (TPSA) is 71.1 Å². The van der Waals surface area contributed by atoms with E-state index in [2.05, 4.69) is 13.8 Å². The first-order valence-electron chi connectivity index (χ1n) is 19.6. The molecule has 0 spiro atoms. The Hall–Kier alpha value is -1.08. The molecule has 7 heteroatoms. The van der Waals surface area contributed by atoms with Crippen LogP contribution in [-0.4, -0.2) is 56.8 Å². The Labute approximate surface area is 287 Å². The van der Waals surface area contributed by atoms with Gasteiger partial charge in [0.2, 0.25) is 0 Å². The summed E-state index contributed by atoms with van der Waals surface area (Å²) in [5, 5.41) is 0. The molecule has 46 heavy (non-hydrogen) atoms. The number of carbonyl (C=O) groups is 2. The van der Waals surface area contributed by atoms with Crippen LogP contribution in [-0.2, 0) is 28.5 Å². The molecular formula is C39H77BO6. The summed E-state index contributed by atoms with van der Waals surface area (Å²) < 4.78 is 23.4. The molecule has 0 amide bonds. The second kappa shape index (κ2) is 30.0. The molecule has 0 bridgehead atoms. The molecule has 0 aromatic rings. The van der Waals surface area contributed by atoms with E-state index in [0.29, 0.717) is 25.9 Å². The molecule has 0 aliphatic heterocycles. The van der Waals surface area contributed by atoms with Crippen LogP contribution < -0.4 is 0 Å². The van der Waals surface area contributed by atoms with Crippen molar-refractivity contribution < 1.29 is 28.5 Å². The Morgan fingerprint density at radius 1 is 0.543 bits per heavy atom. The van der Waals surface area contributed by atoms with Crippen molar-refractivity contribution in [2.24, 2.45) is 0 Å². The zero-order valence-corrected chi connectivity index (χ0v) is 31.8. The standard InChI is InChI=1S/C39H77BO6/c1-7-9-11-13-15-17-19-21-23-25-27-29-36(41)43-33-35(34-45-38(3,4)31-32-44-39(5,6)40)46-37(42)30-28-26-24-22-20-18-16-14-12-10-8-2/h35H,7-34,40H2,1-6H3. The lowest BCUT2D eigenvalue weighted by Gasteiger charge is -2.29. The van der Waals surface area contributed by atoms with Gasteiger partial charge in [0.05, 0.1) is 12.2 Å². The van der Waals surface area contributed by atoms with E-state index < -0.39 is 11.7 Å². The van der Waals surface area contributed by atoms with Crippen molar-refractivity contribution in [3.8, 4) is 0 Å². The molecule has 0 aromatic carbocycles. The predicted octanol–water partition coefficient (Wildman–Crippen LogP) is 10.4. The van der Waals surface area contributed by atoms with Gasteiger partial charge in [0.15, 0.2) is 6.10 Å². The molecule has 0 radical (unpaired) electrons. The molecule has 1 unspecified atom stereocenters. The monoisotopic (exact) mass is 653 g/mol. The van der Waals surface area contributed by atoms with Gasteiger partial charge >= 0.3 is 11.9 Å². The molecule has 0 aliphatic carbocycles. The average Bonchev–Trinajstić information content (AvgIpc) is 2.99. The molecule has 1 atom stereocenters. The van der Waals surface area contributed by atoms with Gasteiger partial charge in [-0.2, -0.15) is 0 Å². The largest absolute Gasteiger partial charge is 0.462 e. The zero-order chi connectivity index (χ0) is 34.4. The highest BCUT2D eigenvalue weighted by Crippen LogP contribution is 2.19. The third-order valence-corrected chi connectivity index (χ3v) is 8.60. The number of esters is 2. The maximum absolute atomic E-state index is 12.7. The highest BCUT2D eigenvalue weighted by molar-refractivity contribution is 6.13. The third kappa shape index (κ3) is 32.8. The second-order valence-electron chi connectivity index (χ2n) is 15.1. The van der Waals surface area contributed by atoms with Crippen molar-refractivity contribution in [3.63, 3.8) is 0 Å². The van der Waals surface area contributed by atoms with Crippen molar-refractivity contribution in [2.75, 3.05) is 19.8 Å². The highest BCUT2D eigenvalue weighted by Gasteiger charge is 2.25. The number of unbranched alkanes of at least 4 members (excludes halogenated alkanes) is 20. The first kappa shape index (κ1) is 44.9. The van der Waals surface area contributed by atoms with E-state index in [-0.39, 0.29) is 30.7 Å². The van der Waals surface area contributed by atoms with Gasteiger partial charge in [0, 0.05) is 24.9 Å². The van der Waals surface area contributed by atoms with Gasteiger partial charge in [0.25, 0.3) is 0 Å². The SMILES string of the molecule is BC(C)(C)OCCC(C)(C)OCC(COC(=O)CCCCCCCCCCCCC)OC(=O)CCCCCCCCCCCCC. The van der Waals surface area contributed by atoms with Crippen molar-refractivity contribution in [1.29, 1.82) is 0 Å². The Morgan fingerprint density at radius 3 is 1.35 bits per heavy atom. The summed E-state index contributed by atoms with van der Waals surface area (Å²) >= 11 is 0. The minimum atomic E-state index is -0.607. The zero-order valence-electron chi connectivity index (χ0n) is 31.8. The molecule has 0 heterocycles. The van der Waals surface area contributed by atoms with Crippen LogP contribution in [0.15, 0.2) is 0 Å². The molecule has 0 fully saturated rings. The van der Waals surface area contributed by atoms with E-state index in [1.807, 2.05) is 35.5 Å². The highest BCUT2D eigenvalue weighted by atomic mass is 16.6. The average molecular weight is 653 g/mol. The fourth-order valence-corrected chi connectivity index (χ4v) is 5.48. The summed E-state index contributed by atoms with van der Waals surface area (Å²) in [6, 6.07) is 0. The van der Waals surface area contributed by atoms with Crippen LogP contribution in [0.25, 0.3) is 0 Å². The van der Waals surface area contributed by atoms with Gasteiger partial charge in [-0.3, -0.25) is 9.59 Å². The first-order chi connectivity index (χ1) is 22.0. The molecule has 0 saturated heterocycles. The van der Waals surface area contributed by atoms with Gasteiger partial charge in [-0.1, -0.05) is 142 Å². The number of ether oxygens (including phenoxy) is 4. The number of carbonyl (C=O) groups excluding carboxylic acids is 2.